The van der Waals surface area contributed by atoms with Crippen molar-refractivity contribution in [3.63, 3.8) is 0 Å². The first-order chi connectivity index (χ1) is 13.9. The molecular weight excluding hydrogens is 383 g/mol. The number of aryl methyl sites for hydroxylation is 1. The van der Waals surface area contributed by atoms with E-state index in [1.807, 2.05) is 0 Å². The Morgan fingerprint density at radius 3 is 2.28 bits per heavy atom. The quantitative estimate of drug-likeness (QED) is 0.337. The predicted octanol–water partition coefficient (Wildman–Crippen LogP) is 7.98. The molecule has 3 rings (SSSR count). The van der Waals surface area contributed by atoms with Gasteiger partial charge in [0, 0.05) is 11.5 Å². The van der Waals surface area contributed by atoms with Crippen molar-refractivity contribution in [3.8, 4) is 0 Å². The molecule has 2 aromatic rings. The van der Waals surface area contributed by atoms with Crippen LogP contribution in [0.3, 0.4) is 0 Å². The molecule has 0 radical (unpaired) electrons. The molecule has 5 heteroatoms. The number of fused-ring (bicyclic) bond motifs is 1. The van der Waals surface area contributed by atoms with Gasteiger partial charge in [-0.2, -0.15) is 0 Å². The Labute approximate surface area is 167 Å². The second kappa shape index (κ2) is 8.93. The largest absolute Gasteiger partial charge is 0.208 e. The van der Waals surface area contributed by atoms with Crippen LogP contribution in [-0.2, 0) is 6.42 Å². The fourth-order valence-electron chi connectivity index (χ4n) is 3.96. The van der Waals surface area contributed by atoms with Crippen LogP contribution >= 0.6 is 0 Å². The molecule has 0 heterocycles. The summed E-state index contributed by atoms with van der Waals surface area (Å²) in [7, 11) is 0. The number of allylic oxidation sites excluding steroid dienone is 3. The van der Waals surface area contributed by atoms with E-state index in [9.17, 15) is 22.0 Å². The third-order valence-corrected chi connectivity index (χ3v) is 5.73. The van der Waals surface area contributed by atoms with Gasteiger partial charge in [0.2, 0.25) is 0 Å². The van der Waals surface area contributed by atoms with Crippen molar-refractivity contribution in [3.05, 3.63) is 77.9 Å². The number of hydrogen-bond acceptors (Lipinski definition) is 0. The van der Waals surface area contributed by atoms with E-state index in [-0.39, 0.29) is 23.3 Å². The Morgan fingerprint density at radius 2 is 1.66 bits per heavy atom. The molecule has 0 amide bonds. The lowest BCUT2D eigenvalue weighted by Crippen LogP contribution is -2.14. The van der Waals surface area contributed by atoms with E-state index in [1.165, 1.54) is 12.1 Å². The Hall–Kier alpha value is -2.43. The summed E-state index contributed by atoms with van der Waals surface area (Å²) >= 11 is 0. The van der Waals surface area contributed by atoms with Gasteiger partial charge < -0.3 is 0 Å². The Balaban J connectivity index is 2.02. The SMILES string of the molecule is C=CCCc1cc2ccc(C(F)=C(F)C3CCC(C=C)CC3)c(F)c2c(F)c1F. The molecule has 1 aliphatic carbocycles. The van der Waals surface area contributed by atoms with Crippen LogP contribution in [0, 0.1) is 29.3 Å². The maximum absolute atomic E-state index is 14.9. The van der Waals surface area contributed by atoms with E-state index in [2.05, 4.69) is 13.2 Å². The van der Waals surface area contributed by atoms with Gasteiger partial charge in [-0.25, -0.2) is 22.0 Å². The third kappa shape index (κ3) is 4.14. The Morgan fingerprint density at radius 1 is 0.966 bits per heavy atom. The third-order valence-electron chi connectivity index (χ3n) is 5.73. The van der Waals surface area contributed by atoms with E-state index in [4.69, 9.17) is 0 Å². The monoisotopic (exact) mass is 406 g/mol. The molecule has 0 atom stereocenters. The fourth-order valence-corrected chi connectivity index (χ4v) is 3.96. The van der Waals surface area contributed by atoms with Gasteiger partial charge in [-0.3, -0.25) is 0 Å². The Kier molecular flexibility index (Phi) is 6.56. The van der Waals surface area contributed by atoms with Crippen LogP contribution < -0.4 is 0 Å². The molecule has 0 N–H and O–H groups in total. The van der Waals surface area contributed by atoms with Crippen molar-refractivity contribution in [1.82, 2.24) is 0 Å². The Bertz CT molecular complexity index is 965. The minimum absolute atomic E-state index is 0.0863. The summed E-state index contributed by atoms with van der Waals surface area (Å²) in [5.41, 5.74) is -0.596. The molecule has 0 bridgehead atoms. The van der Waals surface area contributed by atoms with E-state index in [0.717, 1.165) is 6.07 Å². The zero-order chi connectivity index (χ0) is 21.1. The van der Waals surface area contributed by atoms with Gasteiger partial charge in [-0.15, -0.1) is 13.2 Å². The lowest BCUT2D eigenvalue weighted by atomic mass is 9.81. The van der Waals surface area contributed by atoms with Crippen LogP contribution in [0.25, 0.3) is 16.6 Å². The van der Waals surface area contributed by atoms with Gasteiger partial charge in [-0.1, -0.05) is 18.2 Å². The summed E-state index contributed by atoms with van der Waals surface area (Å²) in [4.78, 5) is 0. The lowest BCUT2D eigenvalue weighted by molar-refractivity contribution is 0.304. The second-order valence-electron chi connectivity index (χ2n) is 7.53. The number of hydrogen-bond donors (Lipinski definition) is 0. The average molecular weight is 406 g/mol. The summed E-state index contributed by atoms with van der Waals surface area (Å²) in [6.45, 7) is 7.25. The van der Waals surface area contributed by atoms with Crippen LogP contribution in [-0.4, -0.2) is 0 Å². The standard InChI is InChI=1S/C24H23F5/c1-3-5-6-17-13-16-11-12-18(22(27)19(16)24(29)21(17)26)23(28)20(25)15-9-7-14(4-2)8-10-15/h3-4,11-15H,1-2,5-10H2. The van der Waals surface area contributed by atoms with Crippen LogP contribution in [0.1, 0.15) is 43.2 Å². The van der Waals surface area contributed by atoms with Gasteiger partial charge >= 0.3 is 0 Å². The molecule has 0 saturated heterocycles. The molecule has 0 unspecified atom stereocenters. The molecule has 0 aliphatic heterocycles. The normalized spacial score (nSPS) is 20.4. The molecule has 0 aromatic heterocycles. The highest BCUT2D eigenvalue weighted by Gasteiger charge is 2.28. The first kappa shape index (κ1) is 21.3. The number of benzene rings is 2. The summed E-state index contributed by atoms with van der Waals surface area (Å²) in [5, 5.41) is -0.565. The van der Waals surface area contributed by atoms with Gasteiger partial charge in [0.15, 0.2) is 17.5 Å². The molecule has 0 spiro atoms. The molecule has 2 aromatic carbocycles. The van der Waals surface area contributed by atoms with Crippen molar-refractivity contribution in [2.45, 2.75) is 38.5 Å². The summed E-state index contributed by atoms with van der Waals surface area (Å²) < 4.78 is 73.3. The lowest BCUT2D eigenvalue weighted by Gasteiger charge is -2.25. The first-order valence-corrected chi connectivity index (χ1v) is 9.77. The molecule has 0 nitrogen and oxygen atoms in total. The zero-order valence-electron chi connectivity index (χ0n) is 16.1. The summed E-state index contributed by atoms with van der Waals surface area (Å²) in [5.74, 6) is -6.61. The number of halogens is 5. The van der Waals surface area contributed by atoms with E-state index >= 15 is 0 Å². The maximum Gasteiger partial charge on any atom is 0.169 e. The van der Waals surface area contributed by atoms with Crippen LogP contribution in [0.2, 0.25) is 0 Å². The topological polar surface area (TPSA) is 0 Å². The maximum atomic E-state index is 14.9. The highest BCUT2D eigenvalue weighted by Crippen LogP contribution is 2.39. The average Bonchev–Trinajstić information content (AvgIpc) is 2.74. The molecular formula is C24H23F5. The summed E-state index contributed by atoms with van der Waals surface area (Å²) in [6.07, 6.45) is 6.24. The van der Waals surface area contributed by atoms with Gasteiger partial charge in [0.25, 0.3) is 0 Å². The minimum Gasteiger partial charge on any atom is -0.208 e. The van der Waals surface area contributed by atoms with E-state index in [1.54, 1.807) is 12.2 Å². The van der Waals surface area contributed by atoms with Crippen molar-refractivity contribution >= 4 is 16.6 Å². The van der Waals surface area contributed by atoms with E-state index < -0.39 is 46.0 Å². The summed E-state index contributed by atoms with van der Waals surface area (Å²) in [6, 6.07) is 3.70. The molecule has 154 valence electrons. The number of rotatable bonds is 6. The highest BCUT2D eigenvalue weighted by atomic mass is 19.2. The zero-order valence-corrected chi connectivity index (χ0v) is 16.1. The first-order valence-electron chi connectivity index (χ1n) is 9.77. The molecule has 1 aliphatic rings. The van der Waals surface area contributed by atoms with Crippen LogP contribution in [0.5, 0.6) is 0 Å². The molecule has 1 saturated carbocycles. The van der Waals surface area contributed by atoms with Crippen LogP contribution in [0.4, 0.5) is 22.0 Å². The minimum atomic E-state index is -1.39. The van der Waals surface area contributed by atoms with Crippen LogP contribution in [0.15, 0.2) is 49.3 Å². The van der Waals surface area contributed by atoms with E-state index in [0.29, 0.717) is 32.1 Å². The smallest absolute Gasteiger partial charge is 0.169 e. The fraction of sp³-hybridized carbons (Fsp3) is 0.333. The second-order valence-corrected chi connectivity index (χ2v) is 7.53. The van der Waals surface area contributed by atoms with Crippen molar-refractivity contribution in [2.75, 3.05) is 0 Å². The van der Waals surface area contributed by atoms with Gasteiger partial charge in [0.05, 0.1) is 5.39 Å². The van der Waals surface area contributed by atoms with Gasteiger partial charge in [0.1, 0.15) is 11.6 Å². The predicted molar refractivity (Wildman–Crippen MR) is 107 cm³/mol. The van der Waals surface area contributed by atoms with Gasteiger partial charge in [-0.05, 0) is 67.5 Å². The van der Waals surface area contributed by atoms with Crippen molar-refractivity contribution in [1.29, 1.82) is 0 Å². The molecule has 1 fully saturated rings. The van der Waals surface area contributed by atoms with Crippen molar-refractivity contribution in [2.24, 2.45) is 11.8 Å². The van der Waals surface area contributed by atoms with Crippen molar-refractivity contribution < 1.29 is 22.0 Å². The highest BCUT2D eigenvalue weighted by molar-refractivity contribution is 5.88. The molecule has 29 heavy (non-hydrogen) atoms.